The largest absolute Gasteiger partial charge is 0.359 e. The van der Waals surface area contributed by atoms with Crippen molar-refractivity contribution in [2.45, 2.75) is 25.2 Å². The van der Waals surface area contributed by atoms with Crippen molar-refractivity contribution in [3.8, 4) is 11.5 Å². The van der Waals surface area contributed by atoms with Crippen molar-refractivity contribution < 1.29 is 4.39 Å². The lowest BCUT2D eigenvalue weighted by Crippen LogP contribution is -2.29. The number of rotatable bonds is 1. The van der Waals surface area contributed by atoms with Gasteiger partial charge in [-0.05, 0) is 12.1 Å². The quantitative estimate of drug-likeness (QED) is 0.755. The van der Waals surface area contributed by atoms with Gasteiger partial charge in [-0.25, -0.2) is 4.39 Å². The molecule has 0 spiro atoms. The summed E-state index contributed by atoms with van der Waals surface area (Å²) in [5, 5.41) is 8.09. The molecular weight excluding hydrogens is 209 g/mol. The van der Waals surface area contributed by atoms with Crippen molar-refractivity contribution in [3.05, 3.63) is 24.2 Å². The predicted octanol–water partition coefficient (Wildman–Crippen LogP) is 1.01. The van der Waals surface area contributed by atoms with Crippen molar-refractivity contribution in [2.75, 3.05) is 0 Å². The maximum Gasteiger partial charge on any atom is 0.180 e. The van der Waals surface area contributed by atoms with Crippen LogP contribution >= 0.6 is 0 Å². The highest BCUT2D eigenvalue weighted by Crippen LogP contribution is 2.27. The number of H-pyrrole nitrogens is 1. The number of fused-ring (bicyclic) bond motifs is 1. The van der Waals surface area contributed by atoms with Gasteiger partial charge in [-0.2, -0.15) is 0 Å². The smallest absolute Gasteiger partial charge is 0.180 e. The molecule has 0 aliphatic carbocycles. The first-order valence-corrected chi connectivity index (χ1v) is 5.22. The van der Waals surface area contributed by atoms with Gasteiger partial charge in [-0.3, -0.25) is 0 Å². The van der Waals surface area contributed by atoms with Gasteiger partial charge >= 0.3 is 0 Å². The second-order valence-corrected chi connectivity index (χ2v) is 4.02. The van der Waals surface area contributed by atoms with Crippen molar-refractivity contribution in [2.24, 2.45) is 5.73 Å². The topological polar surface area (TPSA) is 72.5 Å². The molecule has 0 aromatic carbocycles. The number of aromatic nitrogens is 4. The number of nitrogens with two attached hydrogens (primary N) is 1. The van der Waals surface area contributed by atoms with Crippen LogP contribution in [0, 0.1) is 0 Å². The molecular formula is C10H12FN5. The standard InChI is InChI=1S/C10H12FN5/c11-6-4-7(12)9-14-15-10(16(9)5-6)8-2-1-3-13-8/h1-3,6-7,13H,4-5,12H2. The highest BCUT2D eigenvalue weighted by Gasteiger charge is 2.28. The molecule has 0 saturated carbocycles. The van der Waals surface area contributed by atoms with Gasteiger partial charge in [0.15, 0.2) is 11.6 Å². The summed E-state index contributed by atoms with van der Waals surface area (Å²) in [5.41, 5.74) is 6.66. The van der Waals surface area contributed by atoms with E-state index in [9.17, 15) is 4.39 Å². The third-order valence-corrected chi connectivity index (χ3v) is 2.84. The maximum absolute atomic E-state index is 13.4. The minimum atomic E-state index is -0.924. The van der Waals surface area contributed by atoms with E-state index in [0.29, 0.717) is 18.1 Å². The number of hydrogen-bond acceptors (Lipinski definition) is 3. The Morgan fingerprint density at radius 2 is 2.38 bits per heavy atom. The fourth-order valence-corrected chi connectivity index (χ4v) is 2.09. The normalized spacial score (nSPS) is 24.4. The van der Waals surface area contributed by atoms with Gasteiger partial charge in [0.1, 0.15) is 6.17 Å². The van der Waals surface area contributed by atoms with Crippen molar-refractivity contribution in [3.63, 3.8) is 0 Å². The van der Waals surface area contributed by atoms with Gasteiger partial charge in [0.05, 0.1) is 18.3 Å². The fourth-order valence-electron chi connectivity index (χ4n) is 2.09. The molecule has 2 aromatic rings. The highest BCUT2D eigenvalue weighted by molar-refractivity contribution is 5.49. The second-order valence-electron chi connectivity index (χ2n) is 4.02. The molecule has 16 heavy (non-hydrogen) atoms. The van der Waals surface area contributed by atoms with Gasteiger partial charge < -0.3 is 15.3 Å². The molecule has 3 heterocycles. The van der Waals surface area contributed by atoms with Crippen LogP contribution in [-0.2, 0) is 6.54 Å². The molecule has 0 amide bonds. The average molecular weight is 221 g/mol. The Balaban J connectivity index is 2.10. The molecule has 6 heteroatoms. The van der Waals surface area contributed by atoms with Gasteiger partial charge in [-0.15, -0.1) is 10.2 Å². The predicted molar refractivity (Wildman–Crippen MR) is 56.3 cm³/mol. The van der Waals surface area contributed by atoms with Gasteiger partial charge in [0.25, 0.3) is 0 Å². The zero-order chi connectivity index (χ0) is 11.1. The van der Waals surface area contributed by atoms with Gasteiger partial charge in [0, 0.05) is 12.6 Å². The molecule has 5 nitrogen and oxygen atoms in total. The zero-order valence-corrected chi connectivity index (χ0v) is 8.60. The Bertz CT molecular complexity index is 489. The summed E-state index contributed by atoms with van der Waals surface area (Å²) in [4.78, 5) is 3.03. The van der Waals surface area contributed by atoms with E-state index in [1.165, 1.54) is 0 Å². The molecule has 0 bridgehead atoms. The SMILES string of the molecule is NC1CC(F)Cn2c(-c3ccc[nH]3)nnc21. The summed E-state index contributed by atoms with van der Waals surface area (Å²) in [6.07, 6.45) is 1.20. The summed E-state index contributed by atoms with van der Waals surface area (Å²) >= 11 is 0. The van der Waals surface area contributed by atoms with E-state index in [1.54, 1.807) is 10.8 Å². The number of hydrogen-bond donors (Lipinski definition) is 2. The van der Waals surface area contributed by atoms with Gasteiger partial charge in [0.2, 0.25) is 0 Å². The molecule has 2 unspecified atom stereocenters. The third kappa shape index (κ3) is 1.34. The summed E-state index contributed by atoms with van der Waals surface area (Å²) in [7, 11) is 0. The molecule has 0 saturated heterocycles. The number of nitrogens with one attached hydrogen (secondary N) is 1. The Labute approximate surface area is 91.5 Å². The lowest BCUT2D eigenvalue weighted by molar-refractivity contribution is 0.231. The lowest BCUT2D eigenvalue weighted by atomic mass is 10.1. The van der Waals surface area contributed by atoms with Crippen LogP contribution in [0.1, 0.15) is 18.3 Å². The van der Waals surface area contributed by atoms with Crippen LogP contribution in [0.3, 0.4) is 0 Å². The molecule has 3 rings (SSSR count). The molecule has 3 N–H and O–H groups in total. The Kier molecular flexibility index (Phi) is 2.03. The van der Waals surface area contributed by atoms with E-state index < -0.39 is 6.17 Å². The van der Waals surface area contributed by atoms with E-state index in [4.69, 9.17) is 5.73 Å². The van der Waals surface area contributed by atoms with E-state index in [2.05, 4.69) is 15.2 Å². The minimum Gasteiger partial charge on any atom is -0.359 e. The maximum atomic E-state index is 13.4. The first kappa shape index (κ1) is 9.53. The Morgan fingerprint density at radius 1 is 1.50 bits per heavy atom. The number of aromatic amines is 1. The number of halogens is 1. The molecule has 1 aliphatic heterocycles. The fraction of sp³-hybridized carbons (Fsp3) is 0.400. The monoisotopic (exact) mass is 221 g/mol. The third-order valence-electron chi connectivity index (χ3n) is 2.84. The van der Waals surface area contributed by atoms with Crippen LogP contribution in [0.25, 0.3) is 11.5 Å². The summed E-state index contributed by atoms with van der Waals surface area (Å²) in [6.45, 7) is 0.282. The van der Waals surface area contributed by atoms with E-state index in [0.717, 1.165) is 5.69 Å². The van der Waals surface area contributed by atoms with Gasteiger partial charge in [-0.1, -0.05) is 0 Å². The summed E-state index contributed by atoms with van der Waals surface area (Å²) < 4.78 is 15.2. The summed E-state index contributed by atoms with van der Waals surface area (Å²) in [6, 6.07) is 3.39. The molecule has 2 atom stereocenters. The van der Waals surface area contributed by atoms with Crippen LogP contribution in [-0.4, -0.2) is 25.9 Å². The van der Waals surface area contributed by atoms with Crippen LogP contribution in [0.2, 0.25) is 0 Å². The second kappa shape index (κ2) is 3.41. The van der Waals surface area contributed by atoms with Crippen molar-refractivity contribution in [1.29, 1.82) is 0 Å². The van der Waals surface area contributed by atoms with Crippen LogP contribution < -0.4 is 5.73 Å². The highest BCUT2D eigenvalue weighted by atomic mass is 19.1. The lowest BCUT2D eigenvalue weighted by Gasteiger charge is -2.23. The van der Waals surface area contributed by atoms with Crippen LogP contribution in [0.5, 0.6) is 0 Å². The minimum absolute atomic E-state index is 0.282. The number of nitrogens with zero attached hydrogens (tertiary/aromatic N) is 3. The Morgan fingerprint density at radius 3 is 3.12 bits per heavy atom. The van der Waals surface area contributed by atoms with E-state index in [-0.39, 0.29) is 12.6 Å². The number of alkyl halides is 1. The van der Waals surface area contributed by atoms with E-state index in [1.807, 2.05) is 12.1 Å². The molecule has 1 aliphatic rings. The zero-order valence-electron chi connectivity index (χ0n) is 8.60. The molecule has 2 aromatic heterocycles. The first-order chi connectivity index (χ1) is 7.75. The van der Waals surface area contributed by atoms with Crippen LogP contribution in [0.4, 0.5) is 4.39 Å². The molecule has 0 fully saturated rings. The molecule has 0 radical (unpaired) electrons. The van der Waals surface area contributed by atoms with Crippen LogP contribution in [0.15, 0.2) is 18.3 Å². The first-order valence-electron chi connectivity index (χ1n) is 5.22. The Hall–Kier alpha value is -1.69. The summed E-state index contributed by atoms with van der Waals surface area (Å²) in [5.74, 6) is 1.32. The van der Waals surface area contributed by atoms with Crippen molar-refractivity contribution in [1.82, 2.24) is 19.7 Å². The average Bonchev–Trinajstić information content (AvgIpc) is 2.83. The van der Waals surface area contributed by atoms with Crippen molar-refractivity contribution >= 4 is 0 Å². The van der Waals surface area contributed by atoms with E-state index >= 15 is 0 Å². The molecule has 84 valence electrons.